The Morgan fingerprint density at radius 1 is 1.28 bits per heavy atom. The minimum atomic E-state index is 0.635. The first kappa shape index (κ1) is 12.7. The van der Waals surface area contributed by atoms with Crippen molar-refractivity contribution in [2.75, 3.05) is 5.32 Å². The van der Waals surface area contributed by atoms with Gasteiger partial charge in [0, 0.05) is 18.9 Å². The van der Waals surface area contributed by atoms with E-state index in [1.807, 2.05) is 24.1 Å². The first-order valence-corrected chi connectivity index (χ1v) is 6.49. The Morgan fingerprint density at radius 2 is 2.00 bits per heavy atom. The van der Waals surface area contributed by atoms with Gasteiger partial charge in [0.1, 0.15) is 0 Å². The molecule has 1 atom stereocenters. The molecular weight excluding hydrogens is 222 g/mol. The van der Waals surface area contributed by atoms with Crippen LogP contribution in [0.3, 0.4) is 0 Å². The van der Waals surface area contributed by atoms with Crippen molar-refractivity contribution < 1.29 is 0 Å². The van der Waals surface area contributed by atoms with Crippen molar-refractivity contribution in [3.8, 4) is 0 Å². The van der Waals surface area contributed by atoms with Crippen molar-refractivity contribution in [3.05, 3.63) is 48.0 Å². The lowest BCUT2D eigenvalue weighted by atomic mass is 9.99. The third-order valence-electron chi connectivity index (χ3n) is 3.48. The van der Waals surface area contributed by atoms with E-state index in [0.717, 1.165) is 12.2 Å². The third kappa shape index (κ3) is 2.92. The molecule has 1 aromatic carbocycles. The Morgan fingerprint density at radius 3 is 2.56 bits per heavy atom. The van der Waals surface area contributed by atoms with E-state index in [1.165, 1.54) is 17.7 Å². The van der Waals surface area contributed by atoms with Crippen LogP contribution in [0, 0.1) is 0 Å². The summed E-state index contributed by atoms with van der Waals surface area (Å²) in [5.74, 6) is 0.635. The zero-order valence-electron chi connectivity index (χ0n) is 11.4. The summed E-state index contributed by atoms with van der Waals surface area (Å²) in [6.45, 7) is 5.29. The van der Waals surface area contributed by atoms with E-state index in [4.69, 9.17) is 0 Å². The standard InChI is InChI=1S/C15H21N3/c1-4-12(2)13-5-7-14(8-6-13)17-10-15-9-16-11-18(15)3/h5-9,11-12,17H,4,10H2,1-3H3. The van der Waals surface area contributed by atoms with E-state index in [9.17, 15) is 0 Å². The number of anilines is 1. The van der Waals surface area contributed by atoms with E-state index in [1.54, 1.807) is 0 Å². The normalized spacial score (nSPS) is 12.4. The number of imidazole rings is 1. The van der Waals surface area contributed by atoms with Gasteiger partial charge in [-0.25, -0.2) is 4.98 Å². The molecule has 0 bridgehead atoms. The molecule has 0 aliphatic heterocycles. The average molecular weight is 243 g/mol. The van der Waals surface area contributed by atoms with Gasteiger partial charge in [-0.3, -0.25) is 0 Å². The average Bonchev–Trinajstić information content (AvgIpc) is 2.81. The maximum Gasteiger partial charge on any atom is 0.0946 e. The minimum Gasteiger partial charge on any atom is -0.379 e. The molecule has 3 heteroatoms. The summed E-state index contributed by atoms with van der Waals surface area (Å²) < 4.78 is 2.03. The lowest BCUT2D eigenvalue weighted by molar-refractivity contribution is 0.733. The Kier molecular flexibility index (Phi) is 4.03. The SMILES string of the molecule is CCC(C)c1ccc(NCc2cncn2C)cc1. The number of benzene rings is 1. The van der Waals surface area contributed by atoms with Crippen molar-refractivity contribution in [1.29, 1.82) is 0 Å². The lowest BCUT2D eigenvalue weighted by Gasteiger charge is -2.11. The van der Waals surface area contributed by atoms with Crippen LogP contribution in [0.4, 0.5) is 5.69 Å². The van der Waals surface area contributed by atoms with Crippen LogP contribution in [-0.2, 0) is 13.6 Å². The van der Waals surface area contributed by atoms with E-state index < -0.39 is 0 Å². The minimum absolute atomic E-state index is 0.635. The molecule has 0 amide bonds. The van der Waals surface area contributed by atoms with Crippen molar-refractivity contribution in [1.82, 2.24) is 9.55 Å². The molecular formula is C15H21N3. The number of rotatable bonds is 5. The zero-order valence-corrected chi connectivity index (χ0v) is 11.4. The Labute approximate surface area is 109 Å². The van der Waals surface area contributed by atoms with Gasteiger partial charge in [-0.05, 0) is 30.0 Å². The van der Waals surface area contributed by atoms with Gasteiger partial charge in [-0.1, -0.05) is 26.0 Å². The molecule has 0 aliphatic rings. The Hall–Kier alpha value is -1.77. The predicted molar refractivity (Wildman–Crippen MR) is 75.7 cm³/mol. The van der Waals surface area contributed by atoms with Crippen molar-refractivity contribution in [2.24, 2.45) is 7.05 Å². The monoisotopic (exact) mass is 243 g/mol. The Balaban J connectivity index is 1.96. The van der Waals surface area contributed by atoms with Crippen LogP contribution in [0.1, 0.15) is 37.4 Å². The maximum atomic E-state index is 4.11. The highest BCUT2D eigenvalue weighted by Crippen LogP contribution is 2.20. The highest BCUT2D eigenvalue weighted by Gasteiger charge is 2.02. The van der Waals surface area contributed by atoms with Gasteiger partial charge in [-0.15, -0.1) is 0 Å². The van der Waals surface area contributed by atoms with Gasteiger partial charge in [0.25, 0.3) is 0 Å². The van der Waals surface area contributed by atoms with Crippen LogP contribution >= 0.6 is 0 Å². The fraction of sp³-hybridized carbons (Fsp3) is 0.400. The largest absolute Gasteiger partial charge is 0.379 e. The molecule has 0 saturated heterocycles. The fourth-order valence-electron chi connectivity index (χ4n) is 1.91. The van der Waals surface area contributed by atoms with Crippen LogP contribution in [0.15, 0.2) is 36.8 Å². The quantitative estimate of drug-likeness (QED) is 0.870. The second-order valence-corrected chi connectivity index (χ2v) is 4.78. The summed E-state index contributed by atoms with van der Waals surface area (Å²) in [4.78, 5) is 4.11. The second kappa shape index (κ2) is 5.71. The van der Waals surface area contributed by atoms with Crippen LogP contribution in [-0.4, -0.2) is 9.55 Å². The van der Waals surface area contributed by atoms with E-state index in [0.29, 0.717) is 5.92 Å². The molecule has 0 spiro atoms. The van der Waals surface area contributed by atoms with Gasteiger partial charge in [0.2, 0.25) is 0 Å². The number of nitrogens with one attached hydrogen (secondary N) is 1. The molecule has 1 unspecified atom stereocenters. The topological polar surface area (TPSA) is 29.9 Å². The maximum absolute atomic E-state index is 4.11. The van der Waals surface area contributed by atoms with Crippen LogP contribution in [0.25, 0.3) is 0 Å². The van der Waals surface area contributed by atoms with Crippen molar-refractivity contribution in [3.63, 3.8) is 0 Å². The van der Waals surface area contributed by atoms with Crippen LogP contribution in [0.2, 0.25) is 0 Å². The summed E-state index contributed by atoms with van der Waals surface area (Å²) in [6.07, 6.45) is 4.89. The highest BCUT2D eigenvalue weighted by atomic mass is 15.0. The first-order chi connectivity index (χ1) is 8.70. The van der Waals surface area contributed by atoms with Crippen molar-refractivity contribution in [2.45, 2.75) is 32.7 Å². The van der Waals surface area contributed by atoms with Crippen molar-refractivity contribution >= 4 is 5.69 Å². The third-order valence-corrected chi connectivity index (χ3v) is 3.48. The molecule has 96 valence electrons. The number of aromatic nitrogens is 2. The summed E-state index contributed by atoms with van der Waals surface area (Å²) in [7, 11) is 2.01. The van der Waals surface area contributed by atoms with Gasteiger partial charge >= 0.3 is 0 Å². The molecule has 1 aromatic heterocycles. The molecule has 0 aliphatic carbocycles. The smallest absolute Gasteiger partial charge is 0.0946 e. The molecule has 0 radical (unpaired) electrons. The fourth-order valence-corrected chi connectivity index (χ4v) is 1.91. The molecule has 0 saturated carbocycles. The van der Waals surface area contributed by atoms with Gasteiger partial charge in [-0.2, -0.15) is 0 Å². The number of hydrogen-bond acceptors (Lipinski definition) is 2. The zero-order chi connectivity index (χ0) is 13.0. The highest BCUT2D eigenvalue weighted by molar-refractivity contribution is 5.45. The summed E-state index contributed by atoms with van der Waals surface area (Å²) in [5, 5.41) is 3.41. The van der Waals surface area contributed by atoms with E-state index in [-0.39, 0.29) is 0 Å². The van der Waals surface area contributed by atoms with Gasteiger partial charge in [0.05, 0.1) is 18.6 Å². The predicted octanol–water partition coefficient (Wildman–Crippen LogP) is 3.55. The number of nitrogens with zero attached hydrogens (tertiary/aromatic N) is 2. The molecule has 3 nitrogen and oxygen atoms in total. The first-order valence-electron chi connectivity index (χ1n) is 6.49. The summed E-state index contributed by atoms with van der Waals surface area (Å²) in [5.41, 5.74) is 3.74. The molecule has 2 rings (SSSR count). The van der Waals surface area contributed by atoms with Crippen LogP contribution < -0.4 is 5.32 Å². The molecule has 0 fully saturated rings. The van der Waals surface area contributed by atoms with E-state index in [2.05, 4.69) is 48.4 Å². The molecule has 18 heavy (non-hydrogen) atoms. The van der Waals surface area contributed by atoms with Gasteiger partial charge < -0.3 is 9.88 Å². The number of aryl methyl sites for hydroxylation is 1. The number of hydrogen-bond donors (Lipinski definition) is 1. The van der Waals surface area contributed by atoms with Gasteiger partial charge in [0.15, 0.2) is 0 Å². The summed E-state index contributed by atoms with van der Waals surface area (Å²) >= 11 is 0. The molecule has 1 N–H and O–H groups in total. The second-order valence-electron chi connectivity index (χ2n) is 4.78. The molecule has 1 heterocycles. The lowest BCUT2D eigenvalue weighted by Crippen LogP contribution is -2.04. The molecule has 2 aromatic rings. The van der Waals surface area contributed by atoms with E-state index >= 15 is 0 Å². The van der Waals surface area contributed by atoms with Crippen LogP contribution in [0.5, 0.6) is 0 Å². The Bertz CT molecular complexity index is 485. The summed E-state index contributed by atoms with van der Waals surface area (Å²) in [6, 6.07) is 8.72.